The Morgan fingerprint density at radius 1 is 1.58 bits per heavy atom. The van der Waals surface area contributed by atoms with Gasteiger partial charge in [-0.3, -0.25) is 4.79 Å². The fourth-order valence-electron chi connectivity index (χ4n) is 1.53. The van der Waals surface area contributed by atoms with E-state index in [1.165, 1.54) is 29.8 Å². The van der Waals surface area contributed by atoms with Gasteiger partial charge in [-0.05, 0) is 28.6 Å². The molecule has 0 aliphatic heterocycles. The molecule has 6 nitrogen and oxygen atoms in total. The molecule has 0 bridgehead atoms. The molecule has 0 amide bonds. The molecule has 100 valence electrons. The molecule has 0 saturated carbocycles. The summed E-state index contributed by atoms with van der Waals surface area (Å²) in [5, 5.41) is 20.0. The molecular formula is C11H10ClFN4O2. The largest absolute Gasteiger partial charge is 0.481 e. The van der Waals surface area contributed by atoms with Gasteiger partial charge < -0.3 is 5.11 Å². The molecule has 1 aromatic heterocycles. The molecule has 1 atom stereocenters. The van der Waals surface area contributed by atoms with Crippen LogP contribution in [-0.4, -0.2) is 31.3 Å². The summed E-state index contributed by atoms with van der Waals surface area (Å²) in [5.41, 5.74) is 0.134. The predicted octanol–water partition coefficient (Wildman–Crippen LogP) is 1.85. The zero-order valence-corrected chi connectivity index (χ0v) is 10.7. The predicted molar refractivity (Wildman–Crippen MR) is 65.0 cm³/mol. The smallest absolute Gasteiger partial charge is 0.308 e. The number of nitrogens with zero attached hydrogens (tertiary/aromatic N) is 4. The molecule has 2 rings (SSSR count). The number of halogens is 2. The number of hydrogen-bond donors (Lipinski definition) is 1. The summed E-state index contributed by atoms with van der Waals surface area (Å²) in [6, 6.07) is 4.01. The number of aromatic nitrogens is 4. The molecule has 0 fully saturated rings. The zero-order valence-electron chi connectivity index (χ0n) is 9.92. The van der Waals surface area contributed by atoms with Crippen LogP contribution in [-0.2, 0) is 11.3 Å². The van der Waals surface area contributed by atoms with Crippen LogP contribution in [0.15, 0.2) is 18.2 Å². The molecule has 0 saturated heterocycles. The first-order chi connectivity index (χ1) is 8.99. The van der Waals surface area contributed by atoms with Gasteiger partial charge in [-0.15, -0.1) is 5.10 Å². The molecule has 1 heterocycles. The summed E-state index contributed by atoms with van der Waals surface area (Å²) >= 11 is 5.80. The standard InChI is InChI=1S/C11H10ClFN4O2/c1-6(11(18)19)5-17-10(14-15-16-17)8-4-7(12)2-3-9(8)13/h2-4,6H,5H2,1H3,(H,18,19). The fraction of sp³-hybridized carbons (Fsp3) is 0.273. The number of aliphatic carboxylic acids is 1. The lowest BCUT2D eigenvalue weighted by Crippen LogP contribution is -2.18. The van der Waals surface area contributed by atoms with E-state index >= 15 is 0 Å². The second-order valence-electron chi connectivity index (χ2n) is 4.05. The Bertz CT molecular complexity index is 616. The van der Waals surface area contributed by atoms with Crippen molar-refractivity contribution in [3.63, 3.8) is 0 Å². The van der Waals surface area contributed by atoms with Crippen LogP contribution in [0.1, 0.15) is 6.92 Å². The highest BCUT2D eigenvalue weighted by molar-refractivity contribution is 6.30. The Balaban J connectivity index is 2.39. The Kier molecular flexibility index (Phi) is 3.75. The number of carbonyl (C=O) groups is 1. The van der Waals surface area contributed by atoms with Gasteiger partial charge in [0, 0.05) is 5.02 Å². The van der Waals surface area contributed by atoms with Crippen molar-refractivity contribution in [2.24, 2.45) is 5.92 Å². The SMILES string of the molecule is CC(Cn1nnnc1-c1cc(Cl)ccc1F)C(=O)O. The molecular weight excluding hydrogens is 275 g/mol. The van der Waals surface area contributed by atoms with Crippen molar-refractivity contribution in [1.29, 1.82) is 0 Å². The summed E-state index contributed by atoms with van der Waals surface area (Å²) in [4.78, 5) is 10.8. The molecule has 1 N–H and O–H groups in total. The van der Waals surface area contributed by atoms with Crippen LogP contribution in [0.5, 0.6) is 0 Å². The number of carboxylic acid groups (broad SMARTS) is 1. The number of benzene rings is 1. The monoisotopic (exact) mass is 284 g/mol. The lowest BCUT2D eigenvalue weighted by molar-refractivity contribution is -0.141. The van der Waals surface area contributed by atoms with Crippen molar-refractivity contribution in [2.45, 2.75) is 13.5 Å². The highest BCUT2D eigenvalue weighted by Crippen LogP contribution is 2.24. The van der Waals surface area contributed by atoms with Crippen molar-refractivity contribution in [2.75, 3.05) is 0 Å². The van der Waals surface area contributed by atoms with Gasteiger partial charge in [0.1, 0.15) is 5.82 Å². The van der Waals surface area contributed by atoms with E-state index in [0.717, 1.165) is 0 Å². The van der Waals surface area contributed by atoms with Crippen LogP contribution in [0.2, 0.25) is 5.02 Å². The molecule has 8 heteroatoms. The first-order valence-corrected chi connectivity index (χ1v) is 5.81. The Morgan fingerprint density at radius 2 is 2.32 bits per heavy atom. The molecule has 1 unspecified atom stereocenters. The maximum absolute atomic E-state index is 13.7. The van der Waals surface area contributed by atoms with Gasteiger partial charge in [-0.25, -0.2) is 9.07 Å². The van der Waals surface area contributed by atoms with Gasteiger partial charge in [0.2, 0.25) is 0 Å². The number of tetrazole rings is 1. The average Bonchev–Trinajstić information content (AvgIpc) is 2.80. The molecule has 19 heavy (non-hydrogen) atoms. The van der Waals surface area contributed by atoms with Gasteiger partial charge >= 0.3 is 5.97 Å². The van der Waals surface area contributed by atoms with Gasteiger partial charge in [0.15, 0.2) is 5.82 Å². The van der Waals surface area contributed by atoms with Crippen molar-refractivity contribution in [1.82, 2.24) is 20.2 Å². The number of hydrogen-bond acceptors (Lipinski definition) is 4. The van der Waals surface area contributed by atoms with Crippen LogP contribution in [0.25, 0.3) is 11.4 Å². The van der Waals surface area contributed by atoms with E-state index in [1.54, 1.807) is 0 Å². The summed E-state index contributed by atoms with van der Waals surface area (Å²) in [6.45, 7) is 1.56. The van der Waals surface area contributed by atoms with Crippen molar-refractivity contribution < 1.29 is 14.3 Å². The van der Waals surface area contributed by atoms with Gasteiger partial charge in [-0.2, -0.15) is 0 Å². The van der Waals surface area contributed by atoms with Gasteiger partial charge in [0.25, 0.3) is 0 Å². The third kappa shape index (κ3) is 2.87. The first kappa shape index (κ1) is 13.4. The van der Waals surface area contributed by atoms with E-state index in [-0.39, 0.29) is 17.9 Å². The topological polar surface area (TPSA) is 80.9 Å². The van der Waals surface area contributed by atoms with E-state index in [2.05, 4.69) is 15.5 Å². The van der Waals surface area contributed by atoms with Crippen molar-refractivity contribution in [3.05, 3.63) is 29.0 Å². The van der Waals surface area contributed by atoms with Crippen LogP contribution >= 0.6 is 11.6 Å². The highest BCUT2D eigenvalue weighted by Gasteiger charge is 2.18. The first-order valence-electron chi connectivity index (χ1n) is 5.43. The minimum atomic E-state index is -0.979. The summed E-state index contributed by atoms with van der Waals surface area (Å²) in [5.74, 6) is -2.05. The van der Waals surface area contributed by atoms with Crippen molar-refractivity contribution >= 4 is 17.6 Å². The van der Waals surface area contributed by atoms with Crippen LogP contribution in [0, 0.1) is 11.7 Å². The zero-order chi connectivity index (χ0) is 14.0. The quantitative estimate of drug-likeness (QED) is 0.927. The molecule has 0 radical (unpaired) electrons. The number of carboxylic acids is 1. The summed E-state index contributed by atoms with van der Waals surface area (Å²) in [6.07, 6.45) is 0. The van der Waals surface area contributed by atoms with Crippen LogP contribution in [0.3, 0.4) is 0 Å². The third-order valence-electron chi connectivity index (χ3n) is 2.57. The molecule has 1 aromatic carbocycles. The maximum atomic E-state index is 13.7. The second kappa shape index (κ2) is 5.31. The summed E-state index contributed by atoms with van der Waals surface area (Å²) < 4.78 is 15.0. The summed E-state index contributed by atoms with van der Waals surface area (Å²) in [7, 11) is 0. The lowest BCUT2D eigenvalue weighted by Gasteiger charge is -2.08. The van der Waals surface area contributed by atoms with Crippen molar-refractivity contribution in [3.8, 4) is 11.4 Å². The minimum absolute atomic E-state index is 0.0453. The average molecular weight is 285 g/mol. The van der Waals surface area contributed by atoms with Gasteiger partial charge in [0.05, 0.1) is 18.0 Å². The Hall–Kier alpha value is -2.02. The Labute approximate surface area is 112 Å². The van der Waals surface area contributed by atoms with Gasteiger partial charge in [-0.1, -0.05) is 18.5 Å². The molecule has 2 aromatic rings. The van der Waals surface area contributed by atoms with E-state index in [4.69, 9.17) is 16.7 Å². The third-order valence-corrected chi connectivity index (χ3v) is 2.80. The van der Waals surface area contributed by atoms with E-state index in [0.29, 0.717) is 5.02 Å². The van der Waals surface area contributed by atoms with E-state index in [1.807, 2.05) is 0 Å². The molecule has 0 spiro atoms. The normalized spacial score (nSPS) is 12.4. The molecule has 0 aliphatic carbocycles. The van der Waals surface area contributed by atoms with E-state index < -0.39 is 17.7 Å². The Morgan fingerprint density at radius 3 is 3.00 bits per heavy atom. The lowest BCUT2D eigenvalue weighted by atomic mass is 10.1. The minimum Gasteiger partial charge on any atom is -0.481 e. The van der Waals surface area contributed by atoms with Crippen LogP contribution in [0.4, 0.5) is 4.39 Å². The molecule has 0 aliphatic rings. The van der Waals surface area contributed by atoms with E-state index in [9.17, 15) is 9.18 Å². The highest BCUT2D eigenvalue weighted by atomic mass is 35.5. The second-order valence-corrected chi connectivity index (χ2v) is 4.48. The maximum Gasteiger partial charge on any atom is 0.308 e. The van der Waals surface area contributed by atoms with Crippen LogP contribution < -0.4 is 0 Å². The fourth-order valence-corrected chi connectivity index (χ4v) is 1.70. The number of rotatable bonds is 4.